The van der Waals surface area contributed by atoms with Gasteiger partial charge in [-0.3, -0.25) is 14.9 Å². The number of hydrogen-bond acceptors (Lipinski definition) is 6. The Morgan fingerprint density at radius 3 is 2.87 bits per heavy atom. The second-order valence-electron chi connectivity index (χ2n) is 8.36. The summed E-state index contributed by atoms with van der Waals surface area (Å²) in [6.45, 7) is 2.24. The molecule has 1 aromatic rings. The van der Waals surface area contributed by atoms with Crippen LogP contribution in [0.15, 0.2) is 40.9 Å². The number of fused-ring (bicyclic) bond motifs is 2. The maximum atomic E-state index is 13.9. The Labute approximate surface area is 176 Å². The van der Waals surface area contributed by atoms with E-state index in [-0.39, 0.29) is 47.5 Å². The fraction of sp³-hybridized carbons (Fsp3) is 0.429. The molecule has 0 aromatic heterocycles. The Morgan fingerprint density at radius 1 is 1.35 bits per heavy atom. The number of allylic oxidation sites excluding steroid dienone is 1. The van der Waals surface area contributed by atoms with Crippen LogP contribution in [-0.4, -0.2) is 62.7 Å². The van der Waals surface area contributed by atoms with Crippen LogP contribution in [0.4, 0.5) is 8.78 Å². The number of nitrogens with one attached hydrogen (secondary N) is 2. The lowest BCUT2D eigenvalue weighted by Crippen LogP contribution is -2.61. The van der Waals surface area contributed by atoms with Gasteiger partial charge in [0.15, 0.2) is 5.76 Å². The highest BCUT2D eigenvalue weighted by Gasteiger charge is 2.55. The summed E-state index contributed by atoms with van der Waals surface area (Å²) in [6.07, 6.45) is -0.827. The molecule has 4 aliphatic heterocycles. The lowest BCUT2D eigenvalue weighted by atomic mass is 9.96. The molecule has 0 radical (unpaired) electrons. The molecule has 0 bridgehead atoms. The quantitative estimate of drug-likeness (QED) is 0.558. The van der Waals surface area contributed by atoms with E-state index < -0.39 is 29.4 Å². The third-order valence-corrected chi connectivity index (χ3v) is 6.41. The average molecular weight is 432 g/mol. The number of carbonyl (C=O) groups is 2. The molecule has 3 saturated heterocycles. The van der Waals surface area contributed by atoms with E-state index in [2.05, 4.69) is 10.6 Å². The largest absolute Gasteiger partial charge is 0.507 e. The van der Waals surface area contributed by atoms with Crippen molar-refractivity contribution in [3.63, 3.8) is 0 Å². The molecule has 0 saturated carbocycles. The van der Waals surface area contributed by atoms with Gasteiger partial charge in [-0.15, -0.1) is 0 Å². The predicted molar refractivity (Wildman–Crippen MR) is 104 cm³/mol. The summed E-state index contributed by atoms with van der Waals surface area (Å²) in [6, 6.07) is 2.96. The van der Waals surface area contributed by atoms with Gasteiger partial charge >= 0.3 is 0 Å². The van der Waals surface area contributed by atoms with Gasteiger partial charge in [0.25, 0.3) is 11.8 Å². The van der Waals surface area contributed by atoms with E-state index in [1.165, 1.54) is 6.07 Å². The van der Waals surface area contributed by atoms with Crippen molar-refractivity contribution in [1.82, 2.24) is 20.4 Å². The van der Waals surface area contributed by atoms with Gasteiger partial charge in [0.05, 0.1) is 11.6 Å². The highest BCUT2D eigenvalue weighted by Crippen LogP contribution is 2.45. The molecule has 3 fully saturated rings. The standard InChI is InChI=1S/C21H22F2N4O4/c1-9-8-26-19(25-9)14-5-4-13-15(17(28)18(29)16(21(26)31)27(13)14)20(30)24-7-10-2-3-11(22)6-12(10)23/h2-3,6,9,14,17,19,25,28-29H,4-5,7-8H2,1H3,(H,24,30)/t9-,14?,17?,19?/m0/s1. The normalized spacial score (nSPS) is 29.5. The molecule has 4 N–H and O–H groups in total. The number of nitrogens with zero attached hydrogens (tertiary/aromatic N) is 2. The lowest BCUT2D eigenvalue weighted by Gasteiger charge is -2.45. The second-order valence-corrected chi connectivity index (χ2v) is 8.36. The van der Waals surface area contributed by atoms with Crippen molar-refractivity contribution >= 4 is 11.8 Å². The fourth-order valence-corrected chi connectivity index (χ4v) is 5.06. The van der Waals surface area contributed by atoms with Gasteiger partial charge in [-0.1, -0.05) is 6.07 Å². The molecule has 1 aromatic carbocycles. The first-order valence-corrected chi connectivity index (χ1v) is 10.2. The number of aliphatic hydroxyl groups excluding tert-OH is 2. The highest BCUT2D eigenvalue weighted by molar-refractivity contribution is 6.00. The Hall–Kier alpha value is -2.98. The van der Waals surface area contributed by atoms with E-state index in [9.17, 15) is 28.6 Å². The minimum absolute atomic E-state index is 0.0123. The Kier molecular flexibility index (Phi) is 4.52. The van der Waals surface area contributed by atoms with Crippen LogP contribution in [0.5, 0.6) is 0 Å². The SMILES string of the molecule is C[C@H]1CN2C(=O)C3=C(O)C(O)C(C(=O)NCc4ccc(F)cc4F)=C4CCC(C2N1)N43. The van der Waals surface area contributed by atoms with Crippen molar-refractivity contribution in [2.75, 3.05) is 6.54 Å². The monoisotopic (exact) mass is 432 g/mol. The first-order valence-electron chi connectivity index (χ1n) is 10.2. The van der Waals surface area contributed by atoms with Crippen LogP contribution in [0.25, 0.3) is 0 Å². The summed E-state index contributed by atoms with van der Waals surface area (Å²) >= 11 is 0. The molecule has 0 spiro atoms. The van der Waals surface area contributed by atoms with Crippen molar-refractivity contribution in [1.29, 1.82) is 0 Å². The summed E-state index contributed by atoms with van der Waals surface area (Å²) in [5, 5.41) is 27.3. The molecule has 164 valence electrons. The maximum absolute atomic E-state index is 13.9. The zero-order valence-electron chi connectivity index (χ0n) is 16.7. The zero-order valence-corrected chi connectivity index (χ0v) is 16.7. The summed E-state index contributed by atoms with van der Waals surface area (Å²) in [4.78, 5) is 29.3. The third-order valence-electron chi connectivity index (χ3n) is 6.41. The first-order chi connectivity index (χ1) is 14.8. The smallest absolute Gasteiger partial charge is 0.275 e. The van der Waals surface area contributed by atoms with E-state index >= 15 is 0 Å². The van der Waals surface area contributed by atoms with Crippen LogP contribution in [0, 0.1) is 11.6 Å². The van der Waals surface area contributed by atoms with Crippen LogP contribution < -0.4 is 10.6 Å². The van der Waals surface area contributed by atoms with Gasteiger partial charge in [-0.05, 0) is 25.8 Å². The van der Waals surface area contributed by atoms with Crippen LogP contribution in [0.3, 0.4) is 0 Å². The molecule has 4 atom stereocenters. The van der Waals surface area contributed by atoms with E-state index in [0.717, 1.165) is 12.1 Å². The molecule has 4 heterocycles. The average Bonchev–Trinajstić information content (AvgIpc) is 3.31. The molecule has 3 unspecified atom stereocenters. The summed E-state index contributed by atoms with van der Waals surface area (Å²) in [7, 11) is 0. The van der Waals surface area contributed by atoms with Gasteiger partial charge in [-0.25, -0.2) is 8.78 Å². The van der Waals surface area contributed by atoms with Gasteiger partial charge in [-0.2, -0.15) is 0 Å². The van der Waals surface area contributed by atoms with Crippen molar-refractivity contribution in [2.24, 2.45) is 0 Å². The molecule has 4 aliphatic rings. The minimum Gasteiger partial charge on any atom is -0.507 e. The number of piperazine rings is 1. The number of amides is 2. The van der Waals surface area contributed by atoms with Crippen molar-refractivity contribution in [3.8, 4) is 0 Å². The molecular formula is C21H22F2N4O4. The number of aliphatic hydroxyl groups is 2. The third kappa shape index (κ3) is 2.93. The zero-order chi connectivity index (χ0) is 22.0. The second kappa shape index (κ2) is 7.03. The number of benzene rings is 1. The molecule has 31 heavy (non-hydrogen) atoms. The van der Waals surface area contributed by atoms with Crippen molar-refractivity contribution in [3.05, 3.63) is 58.1 Å². The molecule has 5 rings (SSSR count). The van der Waals surface area contributed by atoms with Crippen LogP contribution in [0.1, 0.15) is 25.3 Å². The van der Waals surface area contributed by atoms with E-state index in [1.54, 1.807) is 9.80 Å². The van der Waals surface area contributed by atoms with Crippen molar-refractivity contribution in [2.45, 2.75) is 50.7 Å². The summed E-state index contributed by atoms with van der Waals surface area (Å²) in [5.74, 6) is -3.14. The number of carbonyl (C=O) groups excluding carboxylic acids is 2. The van der Waals surface area contributed by atoms with Gasteiger partial charge in [0, 0.05) is 36.5 Å². The van der Waals surface area contributed by atoms with E-state index in [4.69, 9.17) is 0 Å². The molecular weight excluding hydrogens is 410 g/mol. The number of rotatable bonds is 3. The predicted octanol–water partition coefficient (Wildman–Crippen LogP) is 0.604. The first kappa shape index (κ1) is 20.0. The molecule has 2 amide bonds. The Balaban J connectivity index is 1.45. The van der Waals surface area contributed by atoms with E-state index in [0.29, 0.717) is 25.1 Å². The van der Waals surface area contributed by atoms with E-state index in [1.807, 2.05) is 6.92 Å². The van der Waals surface area contributed by atoms with Crippen LogP contribution >= 0.6 is 0 Å². The topological polar surface area (TPSA) is 105 Å². The maximum Gasteiger partial charge on any atom is 0.275 e. The van der Waals surface area contributed by atoms with Crippen LogP contribution in [-0.2, 0) is 16.1 Å². The summed E-state index contributed by atoms with van der Waals surface area (Å²) < 4.78 is 27.0. The minimum atomic E-state index is -1.66. The Morgan fingerprint density at radius 2 is 2.13 bits per heavy atom. The highest BCUT2D eigenvalue weighted by atomic mass is 19.1. The summed E-state index contributed by atoms with van der Waals surface area (Å²) in [5.41, 5.74) is 0.525. The van der Waals surface area contributed by atoms with Crippen LogP contribution in [0.2, 0.25) is 0 Å². The molecule has 8 nitrogen and oxygen atoms in total. The molecule has 10 heteroatoms. The lowest BCUT2D eigenvalue weighted by molar-refractivity contribution is -0.135. The van der Waals surface area contributed by atoms with Gasteiger partial charge in [0.2, 0.25) is 0 Å². The van der Waals surface area contributed by atoms with Gasteiger partial charge < -0.3 is 25.3 Å². The number of halogens is 2. The molecule has 0 aliphatic carbocycles. The van der Waals surface area contributed by atoms with Gasteiger partial charge in [0.1, 0.15) is 29.6 Å². The fourth-order valence-electron chi connectivity index (χ4n) is 5.06. The number of hydrogen-bond donors (Lipinski definition) is 4. The van der Waals surface area contributed by atoms with Crippen molar-refractivity contribution < 1.29 is 28.6 Å². The Bertz CT molecular complexity index is 1060.